The first kappa shape index (κ1) is 11.1. The van der Waals surface area contributed by atoms with Gasteiger partial charge in [0, 0.05) is 30.1 Å². The van der Waals surface area contributed by atoms with Gasteiger partial charge in [0.2, 0.25) is 0 Å². The van der Waals surface area contributed by atoms with E-state index < -0.39 is 0 Å². The van der Waals surface area contributed by atoms with Crippen LogP contribution in [0, 0.1) is 0 Å². The fourth-order valence-corrected chi connectivity index (χ4v) is 2.45. The van der Waals surface area contributed by atoms with Gasteiger partial charge in [0.1, 0.15) is 0 Å². The largest absolute Gasteiger partial charge is 0.314 e. The van der Waals surface area contributed by atoms with Gasteiger partial charge in [0.05, 0.1) is 0 Å². The van der Waals surface area contributed by atoms with Crippen LogP contribution in [0.4, 0.5) is 0 Å². The molecule has 1 N–H and O–H groups in total. The van der Waals surface area contributed by atoms with E-state index in [1.165, 1.54) is 10.0 Å². The molecule has 1 aromatic rings. The van der Waals surface area contributed by atoms with E-state index in [-0.39, 0.29) is 0 Å². The van der Waals surface area contributed by atoms with Crippen LogP contribution in [0.25, 0.3) is 0 Å². The summed E-state index contributed by atoms with van der Waals surface area (Å²) in [5, 5.41) is 3.45. The van der Waals surface area contributed by atoms with Crippen molar-refractivity contribution in [3.8, 4) is 0 Å². The number of halogens is 1. The number of nitrogens with zero attached hydrogens (tertiary/aromatic N) is 1. The maximum Gasteiger partial charge on any atom is 0.0258 e. The molecule has 1 aliphatic heterocycles. The summed E-state index contributed by atoms with van der Waals surface area (Å²) < 4.78 is 1.23. The minimum atomic E-state index is 0.623. The van der Waals surface area contributed by atoms with Crippen LogP contribution in [0.1, 0.15) is 5.56 Å². The van der Waals surface area contributed by atoms with Gasteiger partial charge in [-0.15, -0.1) is 0 Å². The topological polar surface area (TPSA) is 15.3 Å². The van der Waals surface area contributed by atoms with E-state index in [0.29, 0.717) is 6.04 Å². The maximum atomic E-state index is 3.60. The number of nitrogens with one attached hydrogen (secondary N) is 1. The summed E-state index contributed by atoms with van der Waals surface area (Å²) in [7, 11) is 2.21. The minimum absolute atomic E-state index is 0.623. The highest BCUT2D eigenvalue weighted by atomic mass is 79.9. The van der Waals surface area contributed by atoms with Gasteiger partial charge < -0.3 is 10.2 Å². The van der Waals surface area contributed by atoms with E-state index in [2.05, 4.69) is 57.5 Å². The van der Waals surface area contributed by atoms with Crippen molar-refractivity contribution in [1.82, 2.24) is 10.2 Å². The van der Waals surface area contributed by atoms with Crippen LogP contribution in [-0.2, 0) is 6.42 Å². The summed E-state index contributed by atoms with van der Waals surface area (Å²) in [4.78, 5) is 2.44. The van der Waals surface area contributed by atoms with Crippen LogP contribution >= 0.6 is 15.9 Å². The Labute approximate surface area is 99.8 Å². The average molecular weight is 269 g/mol. The Kier molecular flexibility index (Phi) is 3.78. The number of rotatable bonds is 2. The van der Waals surface area contributed by atoms with Crippen molar-refractivity contribution >= 4 is 15.9 Å². The zero-order valence-electron chi connectivity index (χ0n) is 9.04. The lowest BCUT2D eigenvalue weighted by Crippen LogP contribution is -2.50. The molecule has 1 aliphatic rings. The fourth-order valence-electron chi connectivity index (χ4n) is 2.01. The third-order valence-corrected chi connectivity index (χ3v) is 3.83. The van der Waals surface area contributed by atoms with Crippen LogP contribution in [0.5, 0.6) is 0 Å². The van der Waals surface area contributed by atoms with E-state index in [1.54, 1.807) is 0 Å². The molecule has 0 saturated carbocycles. The normalized spacial score (nSPS) is 22.9. The maximum absolute atomic E-state index is 3.60. The lowest BCUT2D eigenvalue weighted by Gasteiger charge is -2.33. The highest BCUT2D eigenvalue weighted by Crippen LogP contribution is 2.19. The minimum Gasteiger partial charge on any atom is -0.314 e. The summed E-state index contributed by atoms with van der Waals surface area (Å²) in [6.07, 6.45) is 1.12. The lowest BCUT2D eigenvalue weighted by atomic mass is 10.0. The molecule has 82 valence electrons. The van der Waals surface area contributed by atoms with Crippen molar-refractivity contribution < 1.29 is 0 Å². The predicted molar refractivity (Wildman–Crippen MR) is 67.1 cm³/mol. The zero-order chi connectivity index (χ0) is 10.7. The molecule has 2 rings (SSSR count). The molecular weight excluding hydrogens is 252 g/mol. The molecule has 0 spiro atoms. The molecule has 0 amide bonds. The lowest BCUT2D eigenvalue weighted by molar-refractivity contribution is 0.199. The number of hydrogen-bond donors (Lipinski definition) is 1. The molecule has 0 bridgehead atoms. The molecule has 15 heavy (non-hydrogen) atoms. The monoisotopic (exact) mass is 268 g/mol. The van der Waals surface area contributed by atoms with Gasteiger partial charge in [-0.05, 0) is 25.1 Å². The Bertz CT molecular complexity index is 327. The van der Waals surface area contributed by atoms with Gasteiger partial charge in [0.15, 0.2) is 0 Å². The van der Waals surface area contributed by atoms with Crippen LogP contribution in [-0.4, -0.2) is 37.6 Å². The van der Waals surface area contributed by atoms with E-state index >= 15 is 0 Å². The molecule has 1 atom stereocenters. The smallest absolute Gasteiger partial charge is 0.0258 e. The van der Waals surface area contributed by atoms with Crippen molar-refractivity contribution in [3.63, 3.8) is 0 Å². The first-order valence-corrected chi connectivity index (χ1v) is 6.21. The second kappa shape index (κ2) is 5.10. The first-order valence-electron chi connectivity index (χ1n) is 5.42. The van der Waals surface area contributed by atoms with Gasteiger partial charge in [-0.1, -0.05) is 34.1 Å². The van der Waals surface area contributed by atoms with E-state index in [4.69, 9.17) is 0 Å². The molecule has 3 heteroatoms. The Morgan fingerprint density at radius 2 is 2.27 bits per heavy atom. The van der Waals surface area contributed by atoms with Gasteiger partial charge >= 0.3 is 0 Å². The average Bonchev–Trinajstić information content (AvgIpc) is 2.24. The standard InChI is InChI=1S/C12H17BrN2/c1-15-7-6-14-9-11(15)8-10-4-2-3-5-12(10)13/h2-5,11,14H,6-9H2,1H3. The van der Waals surface area contributed by atoms with Crippen molar-refractivity contribution in [2.24, 2.45) is 0 Å². The Balaban J connectivity index is 2.04. The SMILES string of the molecule is CN1CCNCC1Cc1ccccc1Br. The summed E-state index contributed by atoms with van der Waals surface area (Å²) in [5.41, 5.74) is 1.40. The van der Waals surface area contributed by atoms with Crippen molar-refractivity contribution in [2.45, 2.75) is 12.5 Å². The molecule has 1 heterocycles. The van der Waals surface area contributed by atoms with Crippen LogP contribution < -0.4 is 5.32 Å². The molecule has 1 unspecified atom stereocenters. The van der Waals surface area contributed by atoms with E-state index in [9.17, 15) is 0 Å². The Morgan fingerprint density at radius 3 is 3.00 bits per heavy atom. The van der Waals surface area contributed by atoms with Crippen molar-refractivity contribution in [1.29, 1.82) is 0 Å². The zero-order valence-corrected chi connectivity index (χ0v) is 10.6. The second-order valence-electron chi connectivity index (χ2n) is 4.13. The van der Waals surface area contributed by atoms with Gasteiger partial charge in [-0.3, -0.25) is 0 Å². The van der Waals surface area contributed by atoms with Crippen LogP contribution in [0.3, 0.4) is 0 Å². The van der Waals surface area contributed by atoms with Crippen molar-refractivity contribution in [2.75, 3.05) is 26.7 Å². The van der Waals surface area contributed by atoms with Crippen molar-refractivity contribution in [3.05, 3.63) is 34.3 Å². The molecule has 0 radical (unpaired) electrons. The second-order valence-corrected chi connectivity index (χ2v) is 4.99. The number of piperazine rings is 1. The summed E-state index contributed by atoms with van der Waals surface area (Å²) >= 11 is 3.60. The van der Waals surface area contributed by atoms with E-state index in [1.807, 2.05) is 0 Å². The molecular formula is C12H17BrN2. The number of hydrogen-bond acceptors (Lipinski definition) is 2. The van der Waals surface area contributed by atoms with Crippen LogP contribution in [0.2, 0.25) is 0 Å². The summed E-state index contributed by atoms with van der Waals surface area (Å²) in [6, 6.07) is 9.11. The third-order valence-electron chi connectivity index (χ3n) is 3.06. The fraction of sp³-hybridized carbons (Fsp3) is 0.500. The molecule has 1 saturated heterocycles. The first-order chi connectivity index (χ1) is 7.27. The highest BCUT2D eigenvalue weighted by Gasteiger charge is 2.19. The van der Waals surface area contributed by atoms with E-state index in [0.717, 1.165) is 26.1 Å². The molecule has 1 fully saturated rings. The van der Waals surface area contributed by atoms with Gasteiger partial charge in [0.25, 0.3) is 0 Å². The third kappa shape index (κ3) is 2.80. The Morgan fingerprint density at radius 1 is 1.47 bits per heavy atom. The molecule has 1 aromatic carbocycles. The predicted octanol–water partition coefficient (Wildman–Crippen LogP) is 1.90. The molecule has 0 aromatic heterocycles. The number of benzene rings is 1. The Hall–Kier alpha value is -0.380. The summed E-state index contributed by atoms with van der Waals surface area (Å²) in [6.45, 7) is 3.36. The quantitative estimate of drug-likeness (QED) is 0.882. The van der Waals surface area contributed by atoms with Gasteiger partial charge in [-0.2, -0.15) is 0 Å². The molecule has 0 aliphatic carbocycles. The van der Waals surface area contributed by atoms with Crippen LogP contribution in [0.15, 0.2) is 28.7 Å². The van der Waals surface area contributed by atoms with Gasteiger partial charge in [-0.25, -0.2) is 0 Å². The summed E-state index contributed by atoms with van der Waals surface area (Å²) in [5.74, 6) is 0. The highest BCUT2D eigenvalue weighted by molar-refractivity contribution is 9.10. The number of likely N-dealkylation sites (N-methyl/N-ethyl adjacent to an activating group) is 1. The molecule has 2 nitrogen and oxygen atoms in total.